The first-order valence-corrected chi connectivity index (χ1v) is 6.93. The van der Waals surface area contributed by atoms with Gasteiger partial charge in [0.05, 0.1) is 11.5 Å². The van der Waals surface area contributed by atoms with Gasteiger partial charge in [-0.2, -0.15) is 0 Å². The lowest BCUT2D eigenvalue weighted by Crippen LogP contribution is -2.38. The number of likely N-dealkylation sites (N-methyl/N-ethyl adjacent to an activating group) is 1. The minimum Gasteiger partial charge on any atom is -0.487 e. The highest BCUT2D eigenvalue weighted by molar-refractivity contribution is 5.95. The normalized spacial score (nSPS) is 17.5. The Kier molecular flexibility index (Phi) is 4.74. The third-order valence-corrected chi connectivity index (χ3v) is 3.60. The van der Waals surface area contributed by atoms with Gasteiger partial charge in [-0.1, -0.05) is 0 Å². The van der Waals surface area contributed by atoms with Crippen molar-refractivity contribution in [3.63, 3.8) is 0 Å². The van der Waals surface area contributed by atoms with Crippen LogP contribution in [0.1, 0.15) is 23.7 Å². The van der Waals surface area contributed by atoms with Crippen LogP contribution in [-0.4, -0.2) is 48.5 Å². The average molecular weight is 293 g/mol. The van der Waals surface area contributed by atoms with Crippen molar-refractivity contribution in [1.29, 1.82) is 0 Å². The smallest absolute Gasteiger partial charge is 0.311 e. The maximum Gasteiger partial charge on any atom is 0.311 e. The number of amides is 1. The summed E-state index contributed by atoms with van der Waals surface area (Å²) in [5.74, 6) is -0.0286. The highest BCUT2D eigenvalue weighted by Crippen LogP contribution is 2.28. The van der Waals surface area contributed by atoms with E-state index in [0.717, 1.165) is 19.5 Å². The molecular weight excluding hydrogens is 274 g/mol. The molecule has 0 radical (unpaired) electrons. The molecule has 0 saturated carbocycles. The van der Waals surface area contributed by atoms with Crippen LogP contribution in [0, 0.1) is 10.1 Å². The lowest BCUT2D eigenvalue weighted by Gasteiger charge is -2.23. The molecule has 1 saturated heterocycles. The number of nitrogens with one attached hydrogen (secondary N) is 1. The molecule has 7 heteroatoms. The highest BCUT2D eigenvalue weighted by atomic mass is 16.6. The van der Waals surface area contributed by atoms with Gasteiger partial charge >= 0.3 is 5.69 Å². The predicted octanol–water partition coefficient (Wildman–Crippen LogP) is 1.43. The zero-order valence-electron chi connectivity index (χ0n) is 12.2. The van der Waals surface area contributed by atoms with Gasteiger partial charge in [0.2, 0.25) is 0 Å². The molecule has 7 nitrogen and oxygen atoms in total. The van der Waals surface area contributed by atoms with Crippen LogP contribution in [-0.2, 0) is 0 Å². The average Bonchev–Trinajstić information content (AvgIpc) is 3.00. The number of nitro benzene ring substituents is 1. The molecule has 0 spiro atoms. The summed E-state index contributed by atoms with van der Waals surface area (Å²) in [6.07, 6.45) is 0.890. The number of benzene rings is 1. The number of ether oxygens (including phenoxy) is 1. The molecule has 1 aliphatic heterocycles. The summed E-state index contributed by atoms with van der Waals surface area (Å²) in [6.45, 7) is 3.72. The molecule has 1 aromatic rings. The van der Waals surface area contributed by atoms with Crippen LogP contribution < -0.4 is 10.1 Å². The minimum absolute atomic E-state index is 0.128. The van der Waals surface area contributed by atoms with E-state index in [0.29, 0.717) is 12.2 Å². The Morgan fingerprint density at radius 2 is 2.33 bits per heavy atom. The minimum atomic E-state index is -0.529. The van der Waals surface area contributed by atoms with Crippen LogP contribution in [0.25, 0.3) is 0 Å². The number of hydrogen-bond acceptors (Lipinski definition) is 5. The van der Waals surface area contributed by atoms with Crippen LogP contribution in [0.5, 0.6) is 5.75 Å². The van der Waals surface area contributed by atoms with E-state index < -0.39 is 4.92 Å². The monoisotopic (exact) mass is 293 g/mol. The molecule has 114 valence electrons. The SMILES string of the molecule is CCOc1ccc(C(=O)N(C)C2CCNC2)cc1[N+](=O)[O-]. The molecule has 1 atom stereocenters. The van der Waals surface area contributed by atoms with Gasteiger partial charge in [-0.3, -0.25) is 14.9 Å². The Morgan fingerprint density at radius 3 is 2.90 bits per heavy atom. The van der Waals surface area contributed by atoms with Crippen LogP contribution in [0.3, 0.4) is 0 Å². The van der Waals surface area contributed by atoms with E-state index in [1.165, 1.54) is 12.1 Å². The van der Waals surface area contributed by atoms with E-state index in [-0.39, 0.29) is 23.4 Å². The van der Waals surface area contributed by atoms with Crippen molar-refractivity contribution in [1.82, 2.24) is 10.2 Å². The van der Waals surface area contributed by atoms with Crippen molar-refractivity contribution in [2.24, 2.45) is 0 Å². The third-order valence-electron chi connectivity index (χ3n) is 3.60. The molecule has 0 aromatic heterocycles. The summed E-state index contributed by atoms with van der Waals surface area (Å²) >= 11 is 0. The molecule has 0 aliphatic carbocycles. The summed E-state index contributed by atoms with van der Waals surface area (Å²) in [5, 5.41) is 14.3. The molecule has 1 amide bonds. The van der Waals surface area contributed by atoms with Gasteiger partial charge in [-0.25, -0.2) is 0 Å². The standard InChI is InChI=1S/C14H19N3O4/c1-3-21-13-5-4-10(8-12(13)17(19)20)14(18)16(2)11-6-7-15-9-11/h4-5,8,11,15H,3,6-7,9H2,1-2H3. The molecule has 1 aromatic carbocycles. The molecule has 1 heterocycles. The summed E-state index contributed by atoms with van der Waals surface area (Å²) in [6, 6.07) is 4.46. The van der Waals surface area contributed by atoms with Crippen LogP contribution in [0.15, 0.2) is 18.2 Å². The first-order chi connectivity index (χ1) is 10.0. The largest absolute Gasteiger partial charge is 0.487 e. The Bertz CT molecular complexity index is 541. The van der Waals surface area contributed by atoms with Crippen LogP contribution >= 0.6 is 0 Å². The summed E-state index contributed by atoms with van der Waals surface area (Å²) in [5.41, 5.74) is 0.125. The van der Waals surface area contributed by atoms with Crippen molar-refractivity contribution < 1.29 is 14.5 Å². The first kappa shape index (κ1) is 15.2. The topological polar surface area (TPSA) is 84.7 Å². The summed E-state index contributed by atoms with van der Waals surface area (Å²) < 4.78 is 5.22. The Hall–Kier alpha value is -2.15. The van der Waals surface area contributed by atoms with Crippen molar-refractivity contribution in [2.45, 2.75) is 19.4 Å². The van der Waals surface area contributed by atoms with E-state index in [2.05, 4.69) is 5.32 Å². The number of carbonyl (C=O) groups is 1. The lowest BCUT2D eigenvalue weighted by molar-refractivity contribution is -0.385. The second-order valence-corrected chi connectivity index (χ2v) is 4.94. The van der Waals surface area contributed by atoms with Crippen LogP contribution in [0.4, 0.5) is 5.69 Å². The molecule has 0 bridgehead atoms. The fourth-order valence-electron chi connectivity index (χ4n) is 2.41. The van der Waals surface area contributed by atoms with Gasteiger partial charge in [0.25, 0.3) is 5.91 Å². The van der Waals surface area contributed by atoms with Crippen molar-refractivity contribution >= 4 is 11.6 Å². The fourth-order valence-corrected chi connectivity index (χ4v) is 2.41. The molecule has 2 rings (SSSR count). The Labute approximate surface area is 123 Å². The zero-order chi connectivity index (χ0) is 15.4. The van der Waals surface area contributed by atoms with E-state index in [1.807, 2.05) is 0 Å². The third kappa shape index (κ3) is 3.30. The molecule has 1 N–H and O–H groups in total. The number of rotatable bonds is 5. The second kappa shape index (κ2) is 6.53. The van der Waals surface area contributed by atoms with Crippen molar-refractivity contribution in [3.05, 3.63) is 33.9 Å². The van der Waals surface area contributed by atoms with Crippen molar-refractivity contribution in [2.75, 3.05) is 26.7 Å². The Balaban J connectivity index is 2.24. The van der Waals surface area contributed by atoms with E-state index >= 15 is 0 Å². The van der Waals surface area contributed by atoms with Crippen LogP contribution in [0.2, 0.25) is 0 Å². The van der Waals surface area contributed by atoms with Gasteiger partial charge in [-0.05, 0) is 32.0 Å². The molecule has 1 fully saturated rings. The maximum atomic E-state index is 12.4. The number of nitrogens with zero attached hydrogens (tertiary/aromatic N) is 2. The zero-order valence-corrected chi connectivity index (χ0v) is 12.2. The van der Waals surface area contributed by atoms with Gasteiger partial charge in [0.15, 0.2) is 5.75 Å². The van der Waals surface area contributed by atoms with E-state index in [9.17, 15) is 14.9 Å². The van der Waals surface area contributed by atoms with Crippen molar-refractivity contribution in [3.8, 4) is 5.75 Å². The molecule has 1 unspecified atom stereocenters. The maximum absolute atomic E-state index is 12.4. The lowest BCUT2D eigenvalue weighted by atomic mass is 10.1. The second-order valence-electron chi connectivity index (χ2n) is 4.94. The molecule has 1 aliphatic rings. The molecular formula is C14H19N3O4. The van der Waals surface area contributed by atoms with Gasteiger partial charge in [0, 0.05) is 31.3 Å². The van der Waals surface area contributed by atoms with E-state index in [1.54, 1.807) is 24.9 Å². The quantitative estimate of drug-likeness (QED) is 0.655. The van der Waals surface area contributed by atoms with E-state index in [4.69, 9.17) is 4.74 Å². The van der Waals surface area contributed by atoms with Gasteiger partial charge in [-0.15, -0.1) is 0 Å². The number of nitro groups is 1. The molecule has 21 heavy (non-hydrogen) atoms. The predicted molar refractivity (Wildman–Crippen MR) is 77.6 cm³/mol. The first-order valence-electron chi connectivity index (χ1n) is 6.93. The van der Waals surface area contributed by atoms with Gasteiger partial charge < -0.3 is 15.0 Å². The van der Waals surface area contributed by atoms with Gasteiger partial charge in [0.1, 0.15) is 0 Å². The number of hydrogen-bond donors (Lipinski definition) is 1. The fraction of sp³-hybridized carbons (Fsp3) is 0.500. The highest BCUT2D eigenvalue weighted by Gasteiger charge is 2.26. The summed E-state index contributed by atoms with van der Waals surface area (Å²) in [7, 11) is 1.72. The summed E-state index contributed by atoms with van der Waals surface area (Å²) in [4.78, 5) is 24.6. The number of carbonyl (C=O) groups excluding carboxylic acids is 1. The Morgan fingerprint density at radius 1 is 1.57 bits per heavy atom.